The number of benzene rings is 2. The first kappa shape index (κ1) is 23.8. The van der Waals surface area contributed by atoms with Crippen LogP contribution < -0.4 is 15.5 Å². The predicted octanol–water partition coefficient (Wildman–Crippen LogP) is 4.21. The predicted molar refractivity (Wildman–Crippen MR) is 129 cm³/mol. The van der Waals surface area contributed by atoms with E-state index in [0.29, 0.717) is 18.8 Å². The Kier molecular flexibility index (Phi) is 7.56. The zero-order chi connectivity index (χ0) is 23.3. The zero-order valence-corrected chi connectivity index (χ0v) is 19.8. The highest BCUT2D eigenvalue weighted by molar-refractivity contribution is 6.02. The Balaban J connectivity index is 1.72. The second kappa shape index (κ2) is 10.2. The summed E-state index contributed by atoms with van der Waals surface area (Å²) in [5.41, 5.74) is 3.44. The number of amides is 2. The molecule has 6 nitrogen and oxygen atoms in total. The van der Waals surface area contributed by atoms with Crippen LogP contribution in [0.2, 0.25) is 0 Å². The molecule has 0 saturated carbocycles. The first-order chi connectivity index (χ1) is 15.2. The van der Waals surface area contributed by atoms with Gasteiger partial charge < -0.3 is 20.3 Å². The summed E-state index contributed by atoms with van der Waals surface area (Å²) >= 11 is 0. The monoisotopic (exact) mass is 437 g/mol. The van der Waals surface area contributed by atoms with Crippen LogP contribution in [-0.4, -0.2) is 44.2 Å². The highest BCUT2D eigenvalue weighted by Crippen LogP contribution is 2.27. The summed E-state index contributed by atoms with van der Waals surface area (Å²) < 4.78 is 5.45. The Morgan fingerprint density at radius 2 is 1.59 bits per heavy atom. The van der Waals surface area contributed by atoms with Gasteiger partial charge >= 0.3 is 0 Å². The van der Waals surface area contributed by atoms with Crippen molar-refractivity contribution in [3.05, 3.63) is 59.7 Å². The fraction of sp³-hybridized carbons (Fsp3) is 0.462. The molecule has 0 aliphatic carbocycles. The van der Waals surface area contributed by atoms with Crippen LogP contribution in [0.4, 0.5) is 11.4 Å². The number of hydrogen-bond donors (Lipinski definition) is 2. The van der Waals surface area contributed by atoms with Crippen molar-refractivity contribution in [2.75, 3.05) is 36.5 Å². The summed E-state index contributed by atoms with van der Waals surface area (Å²) in [6.07, 6.45) is 0. The number of hydrogen-bond acceptors (Lipinski definition) is 4. The van der Waals surface area contributed by atoms with E-state index in [4.69, 9.17) is 4.74 Å². The van der Waals surface area contributed by atoms with Crippen molar-refractivity contribution in [2.24, 2.45) is 5.92 Å². The largest absolute Gasteiger partial charge is 0.378 e. The van der Waals surface area contributed by atoms with Crippen LogP contribution in [0.3, 0.4) is 0 Å². The lowest BCUT2D eigenvalue weighted by atomic mass is 9.86. The molecule has 32 heavy (non-hydrogen) atoms. The van der Waals surface area contributed by atoms with Gasteiger partial charge in [-0.2, -0.15) is 0 Å². The number of para-hydroxylation sites is 2. The van der Waals surface area contributed by atoms with Gasteiger partial charge in [-0.25, -0.2) is 0 Å². The zero-order valence-electron chi connectivity index (χ0n) is 19.8. The minimum Gasteiger partial charge on any atom is -0.378 e. The summed E-state index contributed by atoms with van der Waals surface area (Å²) in [5.74, 6) is -0.538. The van der Waals surface area contributed by atoms with Crippen LogP contribution in [0, 0.1) is 5.92 Å². The van der Waals surface area contributed by atoms with Gasteiger partial charge in [0.05, 0.1) is 24.6 Å². The number of anilines is 2. The molecule has 172 valence electrons. The van der Waals surface area contributed by atoms with E-state index in [1.54, 1.807) is 0 Å². The lowest BCUT2D eigenvalue weighted by molar-refractivity contribution is -0.118. The molecule has 0 aromatic heterocycles. The molecular formula is C26H35N3O3. The number of ether oxygens (including phenoxy) is 1. The number of rotatable bonds is 6. The molecule has 3 rings (SSSR count). The van der Waals surface area contributed by atoms with Gasteiger partial charge in [0.2, 0.25) is 5.91 Å². The van der Waals surface area contributed by atoms with E-state index < -0.39 is 6.04 Å². The van der Waals surface area contributed by atoms with Gasteiger partial charge in [-0.15, -0.1) is 0 Å². The molecule has 2 aromatic carbocycles. The standard InChI is InChI=1S/C26H35N3O3/c1-18(2)23(28-24(30)19-10-12-20(13-11-19)26(3,4)5)25(31)27-21-8-6-7-9-22(21)29-14-16-32-17-15-29/h6-13,18,23H,14-17H2,1-5H3,(H,27,31)(H,28,30)/t23-/m1/s1. The van der Waals surface area contributed by atoms with Crippen LogP contribution in [0.15, 0.2) is 48.5 Å². The molecule has 1 heterocycles. The molecule has 0 radical (unpaired) electrons. The van der Waals surface area contributed by atoms with E-state index in [1.165, 1.54) is 0 Å². The third kappa shape index (κ3) is 5.88. The molecule has 2 aromatic rings. The second-order valence-electron chi connectivity index (χ2n) is 9.63. The van der Waals surface area contributed by atoms with Crippen molar-refractivity contribution >= 4 is 23.2 Å². The van der Waals surface area contributed by atoms with Crippen molar-refractivity contribution in [1.29, 1.82) is 0 Å². The molecule has 0 unspecified atom stereocenters. The van der Waals surface area contributed by atoms with Gasteiger partial charge in [-0.1, -0.05) is 58.9 Å². The molecule has 0 bridgehead atoms. The summed E-state index contributed by atoms with van der Waals surface area (Å²) in [4.78, 5) is 28.3. The fourth-order valence-electron chi connectivity index (χ4n) is 3.75. The van der Waals surface area contributed by atoms with Crippen molar-refractivity contribution in [3.8, 4) is 0 Å². The topological polar surface area (TPSA) is 70.7 Å². The molecule has 6 heteroatoms. The molecule has 1 aliphatic heterocycles. The molecule has 2 N–H and O–H groups in total. The molecule has 1 saturated heterocycles. The number of nitrogens with one attached hydrogen (secondary N) is 2. The van der Waals surface area contributed by atoms with Crippen LogP contribution in [0.1, 0.15) is 50.5 Å². The molecule has 0 spiro atoms. The molecule has 1 atom stereocenters. The van der Waals surface area contributed by atoms with Crippen molar-refractivity contribution in [2.45, 2.75) is 46.1 Å². The van der Waals surface area contributed by atoms with Gasteiger partial charge in [0.15, 0.2) is 0 Å². The third-order valence-electron chi connectivity index (χ3n) is 5.76. The van der Waals surface area contributed by atoms with Gasteiger partial charge in [-0.3, -0.25) is 9.59 Å². The number of carbonyl (C=O) groups excluding carboxylic acids is 2. The Morgan fingerprint density at radius 1 is 0.969 bits per heavy atom. The Bertz CT molecular complexity index is 926. The highest BCUT2D eigenvalue weighted by Gasteiger charge is 2.26. The maximum atomic E-state index is 13.2. The Labute approximate surface area is 191 Å². The van der Waals surface area contributed by atoms with Crippen molar-refractivity contribution < 1.29 is 14.3 Å². The average molecular weight is 438 g/mol. The van der Waals surface area contributed by atoms with Crippen molar-refractivity contribution in [3.63, 3.8) is 0 Å². The maximum Gasteiger partial charge on any atom is 0.251 e. The first-order valence-electron chi connectivity index (χ1n) is 11.3. The Morgan fingerprint density at radius 3 is 2.19 bits per heavy atom. The number of morpholine rings is 1. The second-order valence-corrected chi connectivity index (χ2v) is 9.63. The Hall–Kier alpha value is -2.86. The summed E-state index contributed by atoms with van der Waals surface area (Å²) in [6, 6.07) is 14.7. The van der Waals surface area contributed by atoms with Gasteiger partial charge in [-0.05, 0) is 41.2 Å². The van der Waals surface area contributed by atoms with Crippen LogP contribution in [0.25, 0.3) is 0 Å². The van der Waals surface area contributed by atoms with Crippen LogP contribution in [-0.2, 0) is 14.9 Å². The molecule has 1 fully saturated rings. The highest BCUT2D eigenvalue weighted by atomic mass is 16.5. The normalized spacial score (nSPS) is 15.4. The summed E-state index contributed by atoms with van der Waals surface area (Å²) in [7, 11) is 0. The SMILES string of the molecule is CC(C)[C@@H](NC(=O)c1ccc(C(C)(C)C)cc1)C(=O)Nc1ccccc1N1CCOCC1. The third-order valence-corrected chi connectivity index (χ3v) is 5.76. The van der Waals surface area contributed by atoms with Crippen LogP contribution in [0.5, 0.6) is 0 Å². The quantitative estimate of drug-likeness (QED) is 0.710. The number of nitrogens with zero attached hydrogens (tertiary/aromatic N) is 1. The van der Waals surface area contributed by atoms with E-state index in [-0.39, 0.29) is 23.1 Å². The summed E-state index contributed by atoms with van der Waals surface area (Å²) in [5, 5.41) is 5.96. The minimum atomic E-state index is -0.650. The smallest absolute Gasteiger partial charge is 0.251 e. The average Bonchev–Trinajstić information content (AvgIpc) is 2.77. The van der Waals surface area contributed by atoms with Crippen molar-refractivity contribution in [1.82, 2.24) is 5.32 Å². The van der Waals surface area contributed by atoms with Gasteiger partial charge in [0, 0.05) is 18.7 Å². The fourth-order valence-corrected chi connectivity index (χ4v) is 3.75. The summed E-state index contributed by atoms with van der Waals surface area (Å²) in [6.45, 7) is 13.2. The van der Waals surface area contributed by atoms with E-state index in [9.17, 15) is 9.59 Å². The maximum absolute atomic E-state index is 13.2. The van der Waals surface area contributed by atoms with E-state index >= 15 is 0 Å². The molecule has 2 amide bonds. The minimum absolute atomic E-state index is 0.0171. The van der Waals surface area contributed by atoms with E-state index in [1.807, 2.05) is 62.4 Å². The van der Waals surface area contributed by atoms with Gasteiger partial charge in [0.25, 0.3) is 5.91 Å². The molecular weight excluding hydrogens is 402 g/mol. The van der Waals surface area contributed by atoms with E-state index in [0.717, 1.165) is 30.0 Å². The first-order valence-corrected chi connectivity index (χ1v) is 11.3. The van der Waals surface area contributed by atoms with Crippen LogP contribution >= 0.6 is 0 Å². The lowest BCUT2D eigenvalue weighted by Gasteiger charge is -2.31. The van der Waals surface area contributed by atoms with E-state index in [2.05, 4.69) is 36.3 Å². The molecule has 1 aliphatic rings. The number of carbonyl (C=O) groups is 2. The lowest BCUT2D eigenvalue weighted by Crippen LogP contribution is -2.47. The van der Waals surface area contributed by atoms with Gasteiger partial charge in [0.1, 0.15) is 6.04 Å².